The summed E-state index contributed by atoms with van der Waals surface area (Å²) in [7, 11) is 0. The van der Waals surface area contributed by atoms with Crippen LogP contribution < -0.4 is 11.1 Å². The molecule has 0 amide bonds. The number of H-pyrrole nitrogens is 1. The molecule has 3 rings (SSSR count). The number of aromatic nitrogens is 2. The standard InChI is InChI=1S/C17H14BrClN2O2/c1-9(2)10-5-3-4-6-14(10)21-15-7-11(18)12(19)8-13(15)20-16(22)17(21)23/h3-9H,1-2H3,(H,20,22). The molecule has 0 spiro atoms. The van der Waals surface area contributed by atoms with E-state index in [4.69, 9.17) is 11.6 Å². The van der Waals surface area contributed by atoms with Gasteiger partial charge in [-0.15, -0.1) is 0 Å². The molecule has 118 valence electrons. The van der Waals surface area contributed by atoms with Crippen molar-refractivity contribution in [3.05, 3.63) is 72.2 Å². The van der Waals surface area contributed by atoms with Crippen molar-refractivity contribution in [2.24, 2.45) is 0 Å². The molecule has 2 aromatic carbocycles. The smallest absolute Gasteiger partial charge is 0.316 e. The van der Waals surface area contributed by atoms with Crippen LogP contribution in [0.5, 0.6) is 0 Å². The number of benzene rings is 2. The fraction of sp³-hybridized carbons (Fsp3) is 0.176. The molecule has 0 aliphatic carbocycles. The first-order chi connectivity index (χ1) is 10.9. The first kappa shape index (κ1) is 16.0. The van der Waals surface area contributed by atoms with Gasteiger partial charge in [-0.25, -0.2) is 0 Å². The number of hydrogen-bond acceptors (Lipinski definition) is 2. The lowest BCUT2D eigenvalue weighted by atomic mass is 10.0. The van der Waals surface area contributed by atoms with Gasteiger partial charge in [-0.2, -0.15) is 0 Å². The summed E-state index contributed by atoms with van der Waals surface area (Å²) in [6, 6.07) is 11.0. The van der Waals surface area contributed by atoms with Gasteiger partial charge in [-0.05, 0) is 45.6 Å². The Morgan fingerprint density at radius 1 is 1.17 bits per heavy atom. The molecule has 0 saturated heterocycles. The van der Waals surface area contributed by atoms with Crippen LogP contribution in [0.1, 0.15) is 25.3 Å². The molecule has 0 saturated carbocycles. The van der Waals surface area contributed by atoms with Crippen LogP contribution in [0.15, 0.2) is 50.5 Å². The molecule has 1 heterocycles. The summed E-state index contributed by atoms with van der Waals surface area (Å²) < 4.78 is 2.11. The van der Waals surface area contributed by atoms with E-state index >= 15 is 0 Å². The van der Waals surface area contributed by atoms with E-state index in [1.54, 1.807) is 12.1 Å². The lowest BCUT2D eigenvalue weighted by Crippen LogP contribution is -2.36. The van der Waals surface area contributed by atoms with Crippen LogP contribution >= 0.6 is 27.5 Å². The number of fused-ring (bicyclic) bond motifs is 1. The Hall–Kier alpha value is -1.85. The highest BCUT2D eigenvalue weighted by atomic mass is 79.9. The number of hydrogen-bond donors (Lipinski definition) is 1. The van der Waals surface area contributed by atoms with Crippen molar-refractivity contribution >= 4 is 38.6 Å². The second kappa shape index (κ2) is 5.98. The molecule has 0 aliphatic heterocycles. The molecule has 0 radical (unpaired) electrons. The number of aromatic amines is 1. The fourth-order valence-electron chi connectivity index (χ4n) is 2.63. The minimum atomic E-state index is -0.672. The van der Waals surface area contributed by atoms with E-state index in [1.807, 2.05) is 38.1 Å². The SMILES string of the molecule is CC(C)c1ccccc1-n1c(=O)c(=O)[nH]c2cc(Cl)c(Br)cc21. The van der Waals surface area contributed by atoms with E-state index in [2.05, 4.69) is 20.9 Å². The molecule has 1 aromatic heterocycles. The quantitative estimate of drug-likeness (QED) is 0.663. The minimum absolute atomic E-state index is 0.211. The topological polar surface area (TPSA) is 54.9 Å². The monoisotopic (exact) mass is 392 g/mol. The predicted octanol–water partition coefficient (Wildman–Crippen LogP) is 4.22. The van der Waals surface area contributed by atoms with Crippen LogP contribution in [-0.2, 0) is 0 Å². The third-order valence-corrected chi connectivity index (χ3v) is 4.92. The molecule has 0 atom stereocenters. The van der Waals surface area contributed by atoms with Crippen molar-refractivity contribution in [2.45, 2.75) is 19.8 Å². The van der Waals surface area contributed by atoms with E-state index in [0.717, 1.165) is 5.56 Å². The predicted molar refractivity (Wildman–Crippen MR) is 97.0 cm³/mol. The highest BCUT2D eigenvalue weighted by Crippen LogP contribution is 2.29. The van der Waals surface area contributed by atoms with Crippen molar-refractivity contribution in [2.75, 3.05) is 0 Å². The zero-order chi connectivity index (χ0) is 16.7. The Morgan fingerprint density at radius 2 is 1.87 bits per heavy atom. The summed E-state index contributed by atoms with van der Waals surface area (Å²) >= 11 is 9.48. The van der Waals surface area contributed by atoms with E-state index < -0.39 is 11.1 Å². The van der Waals surface area contributed by atoms with Gasteiger partial charge in [0, 0.05) is 4.47 Å². The number of rotatable bonds is 2. The van der Waals surface area contributed by atoms with Crippen molar-refractivity contribution in [1.29, 1.82) is 0 Å². The average Bonchev–Trinajstić information content (AvgIpc) is 2.51. The summed E-state index contributed by atoms with van der Waals surface area (Å²) in [5.74, 6) is 0.211. The second-order valence-corrected chi connectivity index (χ2v) is 6.85. The number of nitrogens with zero attached hydrogens (tertiary/aromatic N) is 1. The molecule has 1 N–H and O–H groups in total. The first-order valence-electron chi connectivity index (χ1n) is 7.13. The van der Waals surface area contributed by atoms with Gasteiger partial charge in [-0.3, -0.25) is 14.2 Å². The highest BCUT2D eigenvalue weighted by molar-refractivity contribution is 9.10. The van der Waals surface area contributed by atoms with Crippen LogP contribution in [0.3, 0.4) is 0 Å². The van der Waals surface area contributed by atoms with Crippen molar-refractivity contribution in [3.8, 4) is 5.69 Å². The van der Waals surface area contributed by atoms with Gasteiger partial charge in [0.2, 0.25) is 0 Å². The molecule has 23 heavy (non-hydrogen) atoms. The Labute approximate surface area is 145 Å². The lowest BCUT2D eigenvalue weighted by molar-refractivity contribution is 0.841. The molecule has 3 aromatic rings. The first-order valence-corrected chi connectivity index (χ1v) is 8.30. The van der Waals surface area contributed by atoms with Gasteiger partial charge in [0.15, 0.2) is 0 Å². The molecule has 0 aliphatic rings. The van der Waals surface area contributed by atoms with Crippen LogP contribution in [-0.4, -0.2) is 9.55 Å². The third kappa shape index (κ3) is 2.75. The second-order valence-electron chi connectivity index (χ2n) is 5.59. The Kier molecular flexibility index (Phi) is 4.17. The van der Waals surface area contributed by atoms with Crippen molar-refractivity contribution in [1.82, 2.24) is 9.55 Å². The van der Waals surface area contributed by atoms with Crippen LogP contribution in [0.2, 0.25) is 5.02 Å². The van der Waals surface area contributed by atoms with Crippen LogP contribution in [0.25, 0.3) is 16.7 Å². The number of nitrogens with one attached hydrogen (secondary N) is 1. The summed E-state index contributed by atoms with van der Waals surface area (Å²) in [5, 5.41) is 0.468. The highest BCUT2D eigenvalue weighted by Gasteiger charge is 2.15. The molecule has 0 fully saturated rings. The van der Waals surface area contributed by atoms with Gasteiger partial charge in [0.25, 0.3) is 0 Å². The summed E-state index contributed by atoms with van der Waals surface area (Å²) in [6.07, 6.45) is 0. The molecular formula is C17H14BrClN2O2. The minimum Gasteiger partial charge on any atom is -0.316 e. The van der Waals surface area contributed by atoms with E-state index in [0.29, 0.717) is 26.2 Å². The van der Waals surface area contributed by atoms with Crippen molar-refractivity contribution in [3.63, 3.8) is 0 Å². The maximum absolute atomic E-state index is 12.5. The van der Waals surface area contributed by atoms with E-state index in [1.165, 1.54) is 4.57 Å². The van der Waals surface area contributed by atoms with Gasteiger partial charge in [0.1, 0.15) is 0 Å². The number of para-hydroxylation sites is 1. The molecular weight excluding hydrogens is 380 g/mol. The van der Waals surface area contributed by atoms with Gasteiger partial charge in [-0.1, -0.05) is 43.6 Å². The molecule has 0 unspecified atom stereocenters. The lowest BCUT2D eigenvalue weighted by Gasteiger charge is -2.16. The van der Waals surface area contributed by atoms with Gasteiger partial charge in [0.05, 0.1) is 21.7 Å². The van der Waals surface area contributed by atoms with E-state index in [-0.39, 0.29) is 5.92 Å². The van der Waals surface area contributed by atoms with E-state index in [9.17, 15) is 9.59 Å². The normalized spacial score (nSPS) is 11.3. The third-order valence-electron chi connectivity index (χ3n) is 3.72. The zero-order valence-electron chi connectivity index (χ0n) is 12.6. The molecule has 4 nitrogen and oxygen atoms in total. The fourth-order valence-corrected chi connectivity index (χ4v) is 3.12. The Bertz CT molecular complexity index is 1020. The molecule has 0 bridgehead atoms. The maximum atomic E-state index is 12.5. The van der Waals surface area contributed by atoms with Crippen LogP contribution in [0, 0.1) is 0 Å². The largest absolute Gasteiger partial charge is 0.321 e. The zero-order valence-corrected chi connectivity index (χ0v) is 14.9. The maximum Gasteiger partial charge on any atom is 0.321 e. The van der Waals surface area contributed by atoms with Crippen molar-refractivity contribution < 1.29 is 0 Å². The average molecular weight is 394 g/mol. The Morgan fingerprint density at radius 3 is 2.57 bits per heavy atom. The number of halogens is 2. The van der Waals surface area contributed by atoms with Gasteiger partial charge < -0.3 is 4.98 Å². The Balaban J connectivity index is 2.51. The molecule has 6 heteroatoms. The van der Waals surface area contributed by atoms with Crippen LogP contribution in [0.4, 0.5) is 0 Å². The summed E-state index contributed by atoms with van der Waals surface area (Å²) in [6.45, 7) is 4.10. The summed E-state index contributed by atoms with van der Waals surface area (Å²) in [4.78, 5) is 27.2. The van der Waals surface area contributed by atoms with Gasteiger partial charge >= 0.3 is 11.1 Å². The summed E-state index contributed by atoms with van der Waals surface area (Å²) in [5.41, 5.74) is 1.53.